The van der Waals surface area contributed by atoms with Crippen molar-refractivity contribution in [2.24, 2.45) is 5.92 Å². The second-order valence-electron chi connectivity index (χ2n) is 5.76. The maximum Gasteiger partial charge on any atom is 0.270 e. The third-order valence-electron chi connectivity index (χ3n) is 4.09. The van der Waals surface area contributed by atoms with Crippen LogP contribution in [-0.2, 0) is 0 Å². The molecule has 1 amide bonds. The summed E-state index contributed by atoms with van der Waals surface area (Å²) in [4.78, 5) is 16.3. The van der Waals surface area contributed by atoms with Crippen LogP contribution in [0.3, 0.4) is 0 Å². The number of aliphatic hydroxyl groups is 1. The van der Waals surface area contributed by atoms with Crippen molar-refractivity contribution >= 4 is 5.91 Å². The molecule has 1 aliphatic rings. The summed E-state index contributed by atoms with van der Waals surface area (Å²) in [6, 6.07) is 12.7. The van der Waals surface area contributed by atoms with Gasteiger partial charge in [0.05, 0.1) is 6.10 Å². The minimum Gasteiger partial charge on any atom is -0.457 e. The van der Waals surface area contributed by atoms with Gasteiger partial charge in [-0.15, -0.1) is 0 Å². The number of ether oxygens (including phenoxy) is 1. The molecule has 2 N–H and O–H groups in total. The lowest BCUT2D eigenvalue weighted by Gasteiger charge is -2.15. The lowest BCUT2D eigenvalue weighted by atomic mass is 10.1. The normalized spacial score (nSPS) is 20.2. The summed E-state index contributed by atoms with van der Waals surface area (Å²) in [5.74, 6) is 1.17. The van der Waals surface area contributed by atoms with Gasteiger partial charge >= 0.3 is 0 Å². The molecule has 2 aromatic rings. The molecule has 23 heavy (non-hydrogen) atoms. The molecule has 1 aromatic carbocycles. The Kier molecular flexibility index (Phi) is 4.88. The van der Waals surface area contributed by atoms with Crippen molar-refractivity contribution in [2.75, 3.05) is 6.54 Å². The number of aromatic nitrogens is 1. The molecule has 2 atom stereocenters. The molecule has 0 radical (unpaired) electrons. The molecule has 1 saturated carbocycles. The van der Waals surface area contributed by atoms with E-state index in [1.807, 2.05) is 30.3 Å². The van der Waals surface area contributed by atoms with E-state index in [0.29, 0.717) is 23.7 Å². The van der Waals surface area contributed by atoms with Crippen molar-refractivity contribution < 1.29 is 14.6 Å². The number of hydrogen-bond donors (Lipinski definition) is 2. The first-order chi connectivity index (χ1) is 11.2. The molecule has 1 fully saturated rings. The van der Waals surface area contributed by atoms with Gasteiger partial charge in [0.25, 0.3) is 5.91 Å². The summed E-state index contributed by atoms with van der Waals surface area (Å²) in [7, 11) is 0. The van der Waals surface area contributed by atoms with Gasteiger partial charge in [-0.3, -0.25) is 9.78 Å². The minimum absolute atomic E-state index is 0.141. The Morgan fingerprint density at radius 1 is 1.22 bits per heavy atom. The number of amides is 1. The number of nitrogens with one attached hydrogen (secondary N) is 1. The fourth-order valence-corrected chi connectivity index (χ4v) is 2.79. The van der Waals surface area contributed by atoms with Gasteiger partial charge in [0.2, 0.25) is 0 Å². The zero-order valence-electron chi connectivity index (χ0n) is 12.8. The van der Waals surface area contributed by atoms with E-state index >= 15 is 0 Å². The Labute approximate surface area is 135 Å². The molecular formula is C18H20N2O3. The first-order valence-corrected chi connectivity index (χ1v) is 7.87. The number of carbonyl (C=O) groups is 1. The van der Waals surface area contributed by atoms with Crippen LogP contribution in [0.4, 0.5) is 0 Å². The van der Waals surface area contributed by atoms with Gasteiger partial charge in [-0.05, 0) is 31.0 Å². The smallest absolute Gasteiger partial charge is 0.270 e. The number of hydrogen-bond acceptors (Lipinski definition) is 4. The number of rotatable bonds is 5. The maximum absolute atomic E-state index is 12.2. The molecule has 0 saturated heterocycles. The van der Waals surface area contributed by atoms with E-state index in [-0.39, 0.29) is 17.9 Å². The highest BCUT2D eigenvalue weighted by Crippen LogP contribution is 2.25. The first-order valence-electron chi connectivity index (χ1n) is 7.87. The largest absolute Gasteiger partial charge is 0.457 e. The number of carbonyl (C=O) groups excluding carboxylic acids is 1. The fraction of sp³-hybridized carbons (Fsp3) is 0.333. The summed E-state index contributed by atoms with van der Waals surface area (Å²) < 4.78 is 5.70. The van der Waals surface area contributed by atoms with E-state index in [1.165, 1.54) is 0 Å². The molecule has 1 aliphatic carbocycles. The van der Waals surface area contributed by atoms with Crippen LogP contribution in [0.25, 0.3) is 0 Å². The Morgan fingerprint density at radius 3 is 2.78 bits per heavy atom. The molecule has 1 aromatic heterocycles. The molecule has 2 unspecified atom stereocenters. The highest BCUT2D eigenvalue weighted by atomic mass is 16.5. The van der Waals surface area contributed by atoms with Crippen LogP contribution in [0.1, 0.15) is 29.8 Å². The second kappa shape index (κ2) is 7.24. The summed E-state index contributed by atoms with van der Waals surface area (Å²) in [6.07, 6.45) is 4.03. The monoisotopic (exact) mass is 312 g/mol. The van der Waals surface area contributed by atoms with E-state index in [1.54, 1.807) is 18.3 Å². The summed E-state index contributed by atoms with van der Waals surface area (Å²) in [5, 5.41) is 12.6. The predicted molar refractivity (Wildman–Crippen MR) is 86.4 cm³/mol. The Morgan fingerprint density at radius 2 is 2.04 bits per heavy atom. The van der Waals surface area contributed by atoms with Gasteiger partial charge < -0.3 is 15.2 Å². The summed E-state index contributed by atoms with van der Waals surface area (Å²) in [6.45, 7) is 0.478. The number of aliphatic hydroxyl groups excluding tert-OH is 1. The topological polar surface area (TPSA) is 71.5 Å². The van der Waals surface area contributed by atoms with Crippen LogP contribution in [0.15, 0.2) is 48.7 Å². The molecule has 120 valence electrons. The minimum atomic E-state index is -0.309. The Hall–Kier alpha value is -2.40. The highest BCUT2D eigenvalue weighted by molar-refractivity contribution is 5.92. The Balaban J connectivity index is 1.61. The van der Waals surface area contributed by atoms with E-state index in [2.05, 4.69) is 10.3 Å². The van der Waals surface area contributed by atoms with Gasteiger partial charge in [0, 0.05) is 24.7 Å². The Bertz CT molecular complexity index is 660. The number of benzene rings is 1. The average Bonchev–Trinajstić information content (AvgIpc) is 2.99. The lowest BCUT2D eigenvalue weighted by Crippen LogP contribution is -2.32. The molecule has 3 rings (SSSR count). The van der Waals surface area contributed by atoms with Crippen LogP contribution in [0.2, 0.25) is 0 Å². The fourth-order valence-electron chi connectivity index (χ4n) is 2.79. The summed E-state index contributed by atoms with van der Waals surface area (Å²) in [5.41, 5.74) is 0.311. The van der Waals surface area contributed by atoms with Gasteiger partial charge in [-0.25, -0.2) is 0 Å². The zero-order valence-corrected chi connectivity index (χ0v) is 12.8. The average molecular weight is 312 g/mol. The number of nitrogens with zero attached hydrogens (tertiary/aromatic N) is 1. The molecule has 1 heterocycles. The van der Waals surface area contributed by atoms with E-state index in [0.717, 1.165) is 19.3 Å². The van der Waals surface area contributed by atoms with Crippen LogP contribution in [-0.4, -0.2) is 28.6 Å². The van der Waals surface area contributed by atoms with Crippen LogP contribution in [0, 0.1) is 5.92 Å². The third kappa shape index (κ3) is 4.07. The van der Waals surface area contributed by atoms with Gasteiger partial charge in [-0.2, -0.15) is 0 Å². The number of para-hydroxylation sites is 1. The van der Waals surface area contributed by atoms with E-state index in [4.69, 9.17) is 4.74 Å². The highest BCUT2D eigenvalue weighted by Gasteiger charge is 2.25. The van der Waals surface area contributed by atoms with Crippen molar-refractivity contribution in [3.8, 4) is 11.5 Å². The molecule has 5 heteroatoms. The molecule has 0 spiro atoms. The quantitative estimate of drug-likeness (QED) is 0.890. The lowest BCUT2D eigenvalue weighted by molar-refractivity contribution is 0.0911. The van der Waals surface area contributed by atoms with Gasteiger partial charge in [0.1, 0.15) is 17.2 Å². The van der Waals surface area contributed by atoms with Gasteiger partial charge in [-0.1, -0.05) is 24.6 Å². The van der Waals surface area contributed by atoms with Crippen LogP contribution >= 0.6 is 0 Å². The first kappa shape index (κ1) is 15.5. The molecule has 0 bridgehead atoms. The van der Waals surface area contributed by atoms with Crippen LogP contribution in [0.5, 0.6) is 11.5 Å². The molecule has 0 aliphatic heterocycles. The van der Waals surface area contributed by atoms with E-state index < -0.39 is 0 Å². The predicted octanol–water partition coefficient (Wildman–Crippen LogP) is 2.76. The van der Waals surface area contributed by atoms with Crippen molar-refractivity contribution in [1.82, 2.24) is 10.3 Å². The second-order valence-corrected chi connectivity index (χ2v) is 5.76. The van der Waals surface area contributed by atoms with Crippen LogP contribution < -0.4 is 10.1 Å². The van der Waals surface area contributed by atoms with Crippen molar-refractivity contribution in [1.29, 1.82) is 0 Å². The standard InChI is InChI=1S/C18H20N2O3/c21-17-8-4-5-13(17)12-20-18(22)16-11-15(9-10-19-16)23-14-6-2-1-3-7-14/h1-3,6-7,9-11,13,17,21H,4-5,8,12H2,(H,20,22). The number of pyridine rings is 1. The maximum atomic E-state index is 12.2. The SMILES string of the molecule is O=C(NCC1CCCC1O)c1cc(Oc2ccccc2)ccn1. The molecular weight excluding hydrogens is 292 g/mol. The molecule has 5 nitrogen and oxygen atoms in total. The van der Waals surface area contributed by atoms with Crippen molar-refractivity contribution in [3.63, 3.8) is 0 Å². The zero-order chi connectivity index (χ0) is 16.1. The van der Waals surface area contributed by atoms with E-state index in [9.17, 15) is 9.90 Å². The summed E-state index contributed by atoms with van der Waals surface area (Å²) >= 11 is 0. The van der Waals surface area contributed by atoms with Crippen molar-refractivity contribution in [2.45, 2.75) is 25.4 Å². The van der Waals surface area contributed by atoms with Crippen molar-refractivity contribution in [3.05, 3.63) is 54.4 Å². The third-order valence-corrected chi connectivity index (χ3v) is 4.09. The van der Waals surface area contributed by atoms with Gasteiger partial charge in [0.15, 0.2) is 0 Å².